The molecule has 0 radical (unpaired) electrons. The van der Waals surface area contributed by atoms with Crippen molar-refractivity contribution in [2.75, 3.05) is 6.61 Å². The van der Waals surface area contributed by atoms with Crippen molar-refractivity contribution in [3.05, 3.63) is 53.6 Å². The van der Waals surface area contributed by atoms with E-state index < -0.39 is 12.1 Å². The van der Waals surface area contributed by atoms with Crippen molar-refractivity contribution in [2.45, 2.75) is 20.0 Å². The lowest BCUT2D eigenvalue weighted by Gasteiger charge is -2.15. The summed E-state index contributed by atoms with van der Waals surface area (Å²) in [4.78, 5) is 11.6. The van der Waals surface area contributed by atoms with E-state index in [1.807, 2.05) is 42.5 Å². The van der Waals surface area contributed by atoms with Gasteiger partial charge >= 0.3 is 5.97 Å². The minimum atomic E-state index is -0.690. The fourth-order valence-corrected chi connectivity index (χ4v) is 2.13. The maximum Gasteiger partial charge on any atom is 0.347 e. The van der Waals surface area contributed by atoms with Crippen molar-refractivity contribution in [3.8, 4) is 16.9 Å². The maximum atomic E-state index is 11.6. The Morgan fingerprint density at radius 1 is 1.14 bits per heavy atom. The molecule has 0 aliphatic heterocycles. The standard InChI is InChI=1S/C17H17ClO3/c1-3-20-17(19)12(2)21-16-10-9-14(11-15(16)18)13-7-5-4-6-8-13/h4-12H,3H2,1-2H3. The van der Waals surface area contributed by atoms with Crippen LogP contribution in [0, 0.1) is 0 Å². The second-order valence-electron chi connectivity index (χ2n) is 4.52. The molecule has 2 aromatic rings. The van der Waals surface area contributed by atoms with Crippen LogP contribution >= 0.6 is 11.6 Å². The molecule has 3 nitrogen and oxygen atoms in total. The van der Waals surface area contributed by atoms with Gasteiger partial charge in [-0.3, -0.25) is 0 Å². The van der Waals surface area contributed by atoms with E-state index >= 15 is 0 Å². The largest absolute Gasteiger partial charge is 0.477 e. The van der Waals surface area contributed by atoms with Crippen LogP contribution < -0.4 is 4.74 Å². The van der Waals surface area contributed by atoms with Gasteiger partial charge in [0.2, 0.25) is 0 Å². The molecule has 2 aromatic carbocycles. The molecule has 0 aliphatic carbocycles. The number of carbonyl (C=O) groups is 1. The van der Waals surface area contributed by atoms with E-state index in [9.17, 15) is 4.79 Å². The van der Waals surface area contributed by atoms with Crippen molar-refractivity contribution < 1.29 is 14.3 Å². The van der Waals surface area contributed by atoms with Crippen molar-refractivity contribution in [1.29, 1.82) is 0 Å². The first-order chi connectivity index (χ1) is 10.1. The molecule has 0 saturated heterocycles. The van der Waals surface area contributed by atoms with E-state index in [4.69, 9.17) is 21.1 Å². The summed E-state index contributed by atoms with van der Waals surface area (Å²) in [5.41, 5.74) is 2.07. The molecule has 0 spiro atoms. The van der Waals surface area contributed by atoms with Crippen LogP contribution in [0.2, 0.25) is 5.02 Å². The Bertz CT molecular complexity index is 611. The molecule has 0 saturated carbocycles. The van der Waals surface area contributed by atoms with Crippen molar-refractivity contribution in [3.63, 3.8) is 0 Å². The van der Waals surface area contributed by atoms with Gasteiger partial charge in [0.05, 0.1) is 11.6 Å². The van der Waals surface area contributed by atoms with Crippen molar-refractivity contribution in [1.82, 2.24) is 0 Å². The number of halogens is 1. The highest BCUT2D eigenvalue weighted by Gasteiger charge is 2.17. The Morgan fingerprint density at radius 2 is 1.86 bits per heavy atom. The third-order valence-corrected chi connectivity index (χ3v) is 3.26. The van der Waals surface area contributed by atoms with Gasteiger partial charge in [-0.1, -0.05) is 48.0 Å². The van der Waals surface area contributed by atoms with Gasteiger partial charge in [0, 0.05) is 0 Å². The number of esters is 1. The highest BCUT2D eigenvalue weighted by atomic mass is 35.5. The molecule has 4 heteroatoms. The third-order valence-electron chi connectivity index (χ3n) is 2.96. The van der Waals surface area contributed by atoms with E-state index in [1.165, 1.54) is 0 Å². The summed E-state index contributed by atoms with van der Waals surface area (Å²) < 4.78 is 10.4. The van der Waals surface area contributed by atoms with Crippen LogP contribution in [0.15, 0.2) is 48.5 Å². The molecule has 0 N–H and O–H groups in total. The molecule has 0 amide bonds. The van der Waals surface area contributed by atoms with Gasteiger partial charge in [0.15, 0.2) is 6.10 Å². The highest BCUT2D eigenvalue weighted by molar-refractivity contribution is 6.32. The van der Waals surface area contributed by atoms with Gasteiger partial charge in [-0.05, 0) is 37.1 Å². The van der Waals surface area contributed by atoms with E-state index in [0.29, 0.717) is 17.4 Å². The highest BCUT2D eigenvalue weighted by Crippen LogP contribution is 2.31. The zero-order chi connectivity index (χ0) is 15.2. The lowest BCUT2D eigenvalue weighted by molar-refractivity contribution is -0.150. The average molecular weight is 305 g/mol. The lowest BCUT2D eigenvalue weighted by atomic mass is 10.1. The Labute approximate surface area is 129 Å². The third kappa shape index (κ3) is 3.99. The van der Waals surface area contributed by atoms with Crippen LogP contribution in [0.4, 0.5) is 0 Å². The first-order valence-corrected chi connectivity index (χ1v) is 7.18. The second kappa shape index (κ2) is 7.14. The van der Waals surface area contributed by atoms with Gasteiger partial charge < -0.3 is 9.47 Å². The van der Waals surface area contributed by atoms with Crippen LogP contribution in [0.1, 0.15) is 13.8 Å². The van der Waals surface area contributed by atoms with Gasteiger partial charge in [0.25, 0.3) is 0 Å². The van der Waals surface area contributed by atoms with E-state index in [0.717, 1.165) is 11.1 Å². The minimum absolute atomic E-state index is 0.327. The van der Waals surface area contributed by atoms with E-state index in [2.05, 4.69) is 0 Å². The van der Waals surface area contributed by atoms with Crippen LogP contribution in [-0.4, -0.2) is 18.7 Å². The fourth-order valence-electron chi connectivity index (χ4n) is 1.90. The Hall–Kier alpha value is -2.00. The predicted octanol–water partition coefficient (Wildman–Crippen LogP) is 4.34. The summed E-state index contributed by atoms with van der Waals surface area (Å²) in [5.74, 6) is 0.0672. The van der Waals surface area contributed by atoms with Crippen LogP contribution in [0.5, 0.6) is 5.75 Å². The first-order valence-electron chi connectivity index (χ1n) is 6.80. The smallest absolute Gasteiger partial charge is 0.347 e. The number of benzene rings is 2. The number of carbonyl (C=O) groups excluding carboxylic acids is 1. The summed E-state index contributed by atoms with van der Waals surface area (Å²) in [6.45, 7) is 3.72. The normalized spacial score (nSPS) is 11.8. The molecule has 1 unspecified atom stereocenters. The summed E-state index contributed by atoms with van der Waals surface area (Å²) in [6, 6.07) is 15.4. The second-order valence-corrected chi connectivity index (χ2v) is 4.93. The molecular weight excluding hydrogens is 288 g/mol. The summed E-state index contributed by atoms with van der Waals surface area (Å²) in [6.07, 6.45) is -0.690. The molecule has 110 valence electrons. The topological polar surface area (TPSA) is 35.5 Å². The summed E-state index contributed by atoms with van der Waals surface area (Å²) in [7, 11) is 0. The quantitative estimate of drug-likeness (QED) is 0.771. The molecule has 1 atom stereocenters. The molecule has 0 bridgehead atoms. The predicted molar refractivity (Wildman–Crippen MR) is 83.6 cm³/mol. The maximum absolute atomic E-state index is 11.6. The summed E-state index contributed by atoms with van der Waals surface area (Å²) in [5, 5.41) is 0.465. The van der Waals surface area contributed by atoms with Gasteiger partial charge in [-0.2, -0.15) is 0 Å². The molecule has 0 heterocycles. The molecule has 0 aromatic heterocycles. The van der Waals surface area contributed by atoms with E-state index in [1.54, 1.807) is 19.9 Å². The number of hydrogen-bond acceptors (Lipinski definition) is 3. The SMILES string of the molecule is CCOC(=O)C(C)Oc1ccc(-c2ccccc2)cc1Cl. The Balaban J connectivity index is 2.15. The monoisotopic (exact) mass is 304 g/mol. The molecule has 0 fully saturated rings. The summed E-state index contributed by atoms with van der Waals surface area (Å²) >= 11 is 6.23. The van der Waals surface area contributed by atoms with Crippen LogP contribution in [0.25, 0.3) is 11.1 Å². The first kappa shape index (κ1) is 15.4. The fraction of sp³-hybridized carbons (Fsp3) is 0.235. The zero-order valence-electron chi connectivity index (χ0n) is 12.0. The van der Waals surface area contributed by atoms with Gasteiger partial charge in [0.1, 0.15) is 5.75 Å². The van der Waals surface area contributed by atoms with Crippen LogP contribution in [-0.2, 0) is 9.53 Å². The Morgan fingerprint density at radius 3 is 2.48 bits per heavy atom. The number of hydrogen-bond donors (Lipinski definition) is 0. The molecular formula is C17H17ClO3. The average Bonchev–Trinajstić information content (AvgIpc) is 2.50. The van der Waals surface area contributed by atoms with Gasteiger partial charge in [-0.25, -0.2) is 4.79 Å². The van der Waals surface area contributed by atoms with Crippen molar-refractivity contribution in [2.24, 2.45) is 0 Å². The molecule has 21 heavy (non-hydrogen) atoms. The van der Waals surface area contributed by atoms with Crippen LogP contribution in [0.3, 0.4) is 0 Å². The van der Waals surface area contributed by atoms with E-state index in [-0.39, 0.29) is 0 Å². The Kier molecular flexibility index (Phi) is 5.23. The lowest BCUT2D eigenvalue weighted by Crippen LogP contribution is -2.26. The minimum Gasteiger partial charge on any atom is -0.477 e. The number of ether oxygens (including phenoxy) is 2. The van der Waals surface area contributed by atoms with Crippen molar-refractivity contribution >= 4 is 17.6 Å². The molecule has 2 rings (SSSR count). The zero-order valence-corrected chi connectivity index (χ0v) is 12.8. The van der Waals surface area contributed by atoms with Gasteiger partial charge in [-0.15, -0.1) is 0 Å². The molecule has 0 aliphatic rings. The number of rotatable bonds is 5.